The number of hydrogen-bond acceptors (Lipinski definition) is 4. The molecule has 4 nitrogen and oxygen atoms in total. The predicted octanol–water partition coefficient (Wildman–Crippen LogP) is 1.81. The summed E-state index contributed by atoms with van der Waals surface area (Å²) in [6.07, 6.45) is 0. The van der Waals surface area contributed by atoms with Gasteiger partial charge in [0, 0.05) is 11.1 Å². The number of carbonyl (C=O) groups is 1. The van der Waals surface area contributed by atoms with Gasteiger partial charge in [0.1, 0.15) is 0 Å². The molecule has 0 aliphatic rings. The second-order valence-corrected chi connectivity index (χ2v) is 3.63. The number of rotatable bonds is 4. The highest BCUT2D eigenvalue weighted by Crippen LogP contribution is 2.39. The number of halogens is 1. The van der Waals surface area contributed by atoms with Crippen LogP contribution in [-0.2, 0) is 0 Å². The number of carbonyl (C=O) groups excluding carboxylic acids is 1. The summed E-state index contributed by atoms with van der Waals surface area (Å²) in [6, 6.07) is 1.55. The lowest BCUT2D eigenvalue weighted by atomic mass is 10.0. The van der Waals surface area contributed by atoms with Gasteiger partial charge >= 0.3 is 0 Å². The van der Waals surface area contributed by atoms with Gasteiger partial charge < -0.3 is 15.2 Å². The molecule has 0 spiro atoms. The van der Waals surface area contributed by atoms with Crippen LogP contribution < -0.4 is 15.2 Å². The normalized spacial score (nSPS) is 10.1. The zero-order valence-corrected chi connectivity index (χ0v) is 10.2. The minimum absolute atomic E-state index is 0.0628. The van der Waals surface area contributed by atoms with E-state index < -0.39 is 0 Å². The molecule has 16 heavy (non-hydrogen) atoms. The molecular weight excluding hydrogens is 230 g/mol. The second kappa shape index (κ2) is 5.18. The number of benzene rings is 1. The quantitative estimate of drug-likeness (QED) is 0.820. The highest BCUT2D eigenvalue weighted by atomic mass is 35.5. The third kappa shape index (κ3) is 2.13. The minimum atomic E-state index is -0.180. The molecule has 0 fully saturated rings. The molecule has 1 aromatic rings. The summed E-state index contributed by atoms with van der Waals surface area (Å²) in [5, 5.41) is 0.335. The van der Waals surface area contributed by atoms with Crippen molar-refractivity contribution in [3.05, 3.63) is 22.2 Å². The van der Waals surface area contributed by atoms with E-state index in [1.165, 1.54) is 14.2 Å². The summed E-state index contributed by atoms with van der Waals surface area (Å²) in [7, 11) is 2.99. The zero-order chi connectivity index (χ0) is 12.3. The maximum atomic E-state index is 11.6. The smallest absolute Gasteiger partial charge is 0.179 e. The van der Waals surface area contributed by atoms with Crippen molar-refractivity contribution < 1.29 is 14.3 Å². The minimum Gasteiger partial charge on any atom is -0.493 e. The first-order valence-corrected chi connectivity index (χ1v) is 5.08. The fourth-order valence-corrected chi connectivity index (χ4v) is 1.81. The zero-order valence-electron chi connectivity index (χ0n) is 9.46. The third-order valence-electron chi connectivity index (χ3n) is 2.33. The molecule has 0 aliphatic heterocycles. The largest absolute Gasteiger partial charge is 0.493 e. The lowest BCUT2D eigenvalue weighted by Crippen LogP contribution is -2.15. The van der Waals surface area contributed by atoms with Gasteiger partial charge in [-0.3, -0.25) is 4.79 Å². The van der Waals surface area contributed by atoms with Crippen molar-refractivity contribution in [3.8, 4) is 11.5 Å². The first-order valence-electron chi connectivity index (χ1n) is 4.71. The predicted molar refractivity (Wildman–Crippen MR) is 62.7 cm³/mol. The Morgan fingerprint density at radius 1 is 1.38 bits per heavy atom. The van der Waals surface area contributed by atoms with Crippen LogP contribution in [0.5, 0.6) is 11.5 Å². The molecule has 0 bridgehead atoms. The third-order valence-corrected chi connectivity index (χ3v) is 2.61. The maximum absolute atomic E-state index is 11.6. The van der Waals surface area contributed by atoms with E-state index in [-0.39, 0.29) is 12.3 Å². The molecule has 0 saturated heterocycles. The van der Waals surface area contributed by atoms with Gasteiger partial charge in [-0.15, -0.1) is 0 Å². The summed E-state index contributed by atoms with van der Waals surface area (Å²) in [5.74, 6) is 0.711. The summed E-state index contributed by atoms with van der Waals surface area (Å²) >= 11 is 5.99. The van der Waals surface area contributed by atoms with E-state index in [0.29, 0.717) is 27.6 Å². The second-order valence-electron chi connectivity index (χ2n) is 3.22. The average molecular weight is 244 g/mol. The van der Waals surface area contributed by atoms with Gasteiger partial charge in [0.25, 0.3) is 0 Å². The Balaban J connectivity index is 3.45. The molecule has 1 rings (SSSR count). The van der Waals surface area contributed by atoms with Crippen LogP contribution in [0, 0.1) is 6.92 Å². The van der Waals surface area contributed by atoms with Crippen molar-refractivity contribution in [3.63, 3.8) is 0 Å². The Hall–Kier alpha value is -1.26. The Kier molecular flexibility index (Phi) is 4.15. The summed E-state index contributed by atoms with van der Waals surface area (Å²) in [6.45, 7) is 1.70. The van der Waals surface area contributed by atoms with Crippen molar-refractivity contribution in [1.29, 1.82) is 0 Å². The standard InChI is InChI=1S/C11H14ClNO3/c1-6-7(9(14)5-13)4-8(12)11(16-3)10(6)15-2/h4H,5,13H2,1-3H3. The summed E-state index contributed by atoms with van der Waals surface area (Å²) in [5.41, 5.74) is 6.46. The van der Waals surface area contributed by atoms with E-state index in [9.17, 15) is 4.79 Å². The van der Waals surface area contributed by atoms with Gasteiger partial charge in [0.05, 0.1) is 25.8 Å². The topological polar surface area (TPSA) is 61.5 Å². The number of nitrogens with two attached hydrogens (primary N) is 1. The fraction of sp³-hybridized carbons (Fsp3) is 0.364. The highest BCUT2D eigenvalue weighted by molar-refractivity contribution is 6.32. The molecule has 0 atom stereocenters. The van der Waals surface area contributed by atoms with Crippen LogP contribution in [0.2, 0.25) is 5.02 Å². The fourth-order valence-electron chi connectivity index (χ4n) is 1.54. The van der Waals surface area contributed by atoms with E-state index in [1.54, 1.807) is 13.0 Å². The van der Waals surface area contributed by atoms with Crippen LogP contribution in [-0.4, -0.2) is 26.5 Å². The van der Waals surface area contributed by atoms with Gasteiger partial charge in [-0.25, -0.2) is 0 Å². The number of Topliss-reactive ketones (excluding diaryl/α,β-unsaturated/α-hetero) is 1. The van der Waals surface area contributed by atoms with E-state index in [0.717, 1.165) is 0 Å². The first kappa shape index (κ1) is 12.8. The van der Waals surface area contributed by atoms with Gasteiger partial charge in [-0.2, -0.15) is 0 Å². The Labute approximate surface area is 99.3 Å². The van der Waals surface area contributed by atoms with Gasteiger partial charge in [0.15, 0.2) is 17.3 Å². The van der Waals surface area contributed by atoms with Crippen molar-refractivity contribution in [2.24, 2.45) is 5.73 Å². The van der Waals surface area contributed by atoms with Crippen molar-refractivity contribution in [2.45, 2.75) is 6.92 Å². The SMILES string of the molecule is COc1c(Cl)cc(C(=O)CN)c(C)c1OC. The molecule has 5 heteroatoms. The molecule has 0 aromatic heterocycles. The van der Waals surface area contributed by atoms with Gasteiger partial charge in [-0.05, 0) is 13.0 Å². The van der Waals surface area contributed by atoms with Crippen LogP contribution in [0.15, 0.2) is 6.07 Å². The molecule has 0 heterocycles. The van der Waals surface area contributed by atoms with Crippen LogP contribution in [0.1, 0.15) is 15.9 Å². The van der Waals surface area contributed by atoms with E-state index in [2.05, 4.69) is 0 Å². The molecule has 2 N–H and O–H groups in total. The van der Waals surface area contributed by atoms with Crippen LogP contribution in [0.4, 0.5) is 0 Å². The molecule has 1 aromatic carbocycles. The maximum Gasteiger partial charge on any atom is 0.179 e. The average Bonchev–Trinajstić information content (AvgIpc) is 2.29. The number of methoxy groups -OCH3 is 2. The van der Waals surface area contributed by atoms with E-state index in [4.69, 9.17) is 26.8 Å². The van der Waals surface area contributed by atoms with Crippen molar-refractivity contribution in [2.75, 3.05) is 20.8 Å². The van der Waals surface area contributed by atoms with Gasteiger partial charge in [0.2, 0.25) is 0 Å². The molecule has 0 radical (unpaired) electrons. The Morgan fingerprint density at radius 2 is 1.94 bits per heavy atom. The lowest BCUT2D eigenvalue weighted by Gasteiger charge is -2.14. The summed E-state index contributed by atoms with van der Waals surface area (Å²) < 4.78 is 10.3. The lowest BCUT2D eigenvalue weighted by molar-refractivity contribution is 0.100. The molecule has 0 saturated carbocycles. The van der Waals surface area contributed by atoms with E-state index in [1.807, 2.05) is 0 Å². The first-order chi connectivity index (χ1) is 7.56. The van der Waals surface area contributed by atoms with Crippen LogP contribution in [0.25, 0.3) is 0 Å². The molecule has 0 amide bonds. The number of hydrogen-bond donors (Lipinski definition) is 1. The molecule has 88 valence electrons. The number of ketones is 1. The van der Waals surface area contributed by atoms with Crippen LogP contribution in [0.3, 0.4) is 0 Å². The molecular formula is C11H14ClNO3. The summed E-state index contributed by atoms with van der Waals surface area (Å²) in [4.78, 5) is 11.6. The van der Waals surface area contributed by atoms with Gasteiger partial charge in [-0.1, -0.05) is 11.6 Å². The van der Waals surface area contributed by atoms with Crippen molar-refractivity contribution >= 4 is 17.4 Å². The Morgan fingerprint density at radius 3 is 2.38 bits per heavy atom. The molecule has 0 unspecified atom stereocenters. The van der Waals surface area contributed by atoms with Crippen molar-refractivity contribution in [1.82, 2.24) is 0 Å². The molecule has 0 aliphatic carbocycles. The van der Waals surface area contributed by atoms with E-state index >= 15 is 0 Å². The van der Waals surface area contributed by atoms with Crippen LogP contribution >= 0.6 is 11.6 Å². The monoisotopic (exact) mass is 243 g/mol. The highest BCUT2D eigenvalue weighted by Gasteiger charge is 2.19. The Bertz CT molecular complexity index is 418. The number of ether oxygens (including phenoxy) is 2.